The van der Waals surface area contributed by atoms with Crippen molar-refractivity contribution in [3.8, 4) is 0 Å². The molecular weight excluding hydrogens is 438 g/mol. The largest absolute Gasteiger partial charge is 0.365 e. The highest BCUT2D eigenvalue weighted by Crippen LogP contribution is 2.41. The zero-order valence-electron chi connectivity index (χ0n) is 19.2. The number of nitro benzene ring substituents is 1. The predicted octanol–water partition coefficient (Wildman–Crippen LogP) is 5.77. The molecule has 33 heavy (non-hydrogen) atoms. The van der Waals surface area contributed by atoms with Gasteiger partial charge in [0.1, 0.15) is 0 Å². The molecule has 0 atom stereocenters. The summed E-state index contributed by atoms with van der Waals surface area (Å²) in [7, 11) is 2.07. The number of allylic oxidation sites excluding steroid dienone is 1. The van der Waals surface area contributed by atoms with E-state index in [1.807, 2.05) is 6.92 Å². The molecule has 0 N–H and O–H groups in total. The lowest BCUT2D eigenvalue weighted by Gasteiger charge is -2.41. The smallest absolute Gasteiger partial charge is 0.293 e. The Balaban J connectivity index is 1.61. The van der Waals surface area contributed by atoms with Crippen molar-refractivity contribution >= 4 is 45.9 Å². The summed E-state index contributed by atoms with van der Waals surface area (Å²) < 4.78 is 0. The number of carbonyl (C=O) groups is 2. The second-order valence-corrected chi connectivity index (χ2v) is 9.95. The molecular formula is C25H25N3O4S. The minimum atomic E-state index is -0.483. The summed E-state index contributed by atoms with van der Waals surface area (Å²) in [6.45, 7) is 8.50. The van der Waals surface area contributed by atoms with Crippen molar-refractivity contribution in [3.63, 3.8) is 0 Å². The number of likely N-dealkylation sites (N-methyl/N-ethyl adjacent to an activating group) is 1. The van der Waals surface area contributed by atoms with Gasteiger partial charge in [-0.3, -0.25) is 24.6 Å². The van der Waals surface area contributed by atoms with Crippen LogP contribution in [0, 0.1) is 17.0 Å². The van der Waals surface area contributed by atoms with E-state index < -0.39 is 4.92 Å². The summed E-state index contributed by atoms with van der Waals surface area (Å²) in [6, 6.07) is 10.1. The molecule has 0 aliphatic carbocycles. The molecule has 0 aromatic heterocycles. The van der Waals surface area contributed by atoms with Crippen molar-refractivity contribution in [1.29, 1.82) is 0 Å². The monoisotopic (exact) mass is 463 g/mol. The van der Waals surface area contributed by atoms with Crippen LogP contribution in [0.5, 0.6) is 0 Å². The SMILES string of the molecule is CC1=CC(C)(C)N(C)c2cc(C)c(/C=C3\SC(=O)N(Cc4ccc([N+](=O)[O-])cc4)C3=O)cc21. The number of nitrogens with zero attached hydrogens (tertiary/aromatic N) is 3. The molecule has 0 saturated carbocycles. The van der Waals surface area contributed by atoms with Crippen LogP contribution in [0.3, 0.4) is 0 Å². The van der Waals surface area contributed by atoms with Gasteiger partial charge in [0.15, 0.2) is 0 Å². The average molecular weight is 464 g/mol. The molecule has 2 aliphatic heterocycles. The normalized spacial score (nSPS) is 18.6. The fourth-order valence-corrected chi connectivity index (χ4v) is 4.99. The Hall–Kier alpha value is -3.39. The zero-order chi connectivity index (χ0) is 24.1. The molecule has 0 spiro atoms. The Kier molecular flexibility index (Phi) is 5.66. The van der Waals surface area contributed by atoms with Gasteiger partial charge in [0, 0.05) is 30.4 Å². The molecule has 1 fully saturated rings. The fraction of sp³-hybridized carbons (Fsp3) is 0.280. The highest BCUT2D eigenvalue weighted by atomic mass is 32.2. The molecule has 2 aromatic rings. The number of amides is 2. The number of non-ortho nitro benzene ring substituents is 1. The van der Waals surface area contributed by atoms with Gasteiger partial charge in [-0.15, -0.1) is 0 Å². The van der Waals surface area contributed by atoms with Crippen molar-refractivity contribution in [3.05, 3.63) is 79.7 Å². The van der Waals surface area contributed by atoms with Crippen LogP contribution in [-0.4, -0.2) is 33.6 Å². The minimum absolute atomic E-state index is 0.0333. The van der Waals surface area contributed by atoms with Crippen LogP contribution in [0.2, 0.25) is 0 Å². The van der Waals surface area contributed by atoms with Crippen LogP contribution in [0.4, 0.5) is 16.2 Å². The third-order valence-corrected chi connectivity index (χ3v) is 7.16. The molecule has 0 bridgehead atoms. The molecule has 7 nitrogen and oxygen atoms in total. The summed E-state index contributed by atoms with van der Waals surface area (Å²) in [4.78, 5) is 39.7. The Morgan fingerprint density at radius 3 is 2.42 bits per heavy atom. The first kappa shape index (κ1) is 22.8. The lowest BCUT2D eigenvalue weighted by molar-refractivity contribution is -0.384. The van der Waals surface area contributed by atoms with Crippen LogP contribution in [-0.2, 0) is 11.3 Å². The van der Waals surface area contributed by atoms with E-state index in [0.717, 1.165) is 34.1 Å². The van der Waals surface area contributed by atoms with Gasteiger partial charge in [0.05, 0.1) is 21.9 Å². The summed E-state index contributed by atoms with van der Waals surface area (Å²) in [6.07, 6.45) is 4.01. The van der Waals surface area contributed by atoms with Gasteiger partial charge in [0.2, 0.25) is 0 Å². The van der Waals surface area contributed by atoms with Crippen molar-refractivity contribution in [2.24, 2.45) is 0 Å². The zero-order valence-corrected chi connectivity index (χ0v) is 20.0. The third kappa shape index (κ3) is 4.18. The number of hydrogen-bond acceptors (Lipinski definition) is 6. The minimum Gasteiger partial charge on any atom is -0.365 e. The first-order chi connectivity index (χ1) is 15.5. The van der Waals surface area contributed by atoms with Gasteiger partial charge >= 0.3 is 0 Å². The maximum absolute atomic E-state index is 13.0. The molecule has 170 valence electrons. The van der Waals surface area contributed by atoms with Crippen molar-refractivity contribution in [1.82, 2.24) is 4.90 Å². The standard InChI is InChI=1S/C25H25N3O4S/c1-15-10-21-20(16(2)13-25(3,4)26(21)5)11-18(15)12-22-23(29)27(24(30)33-22)14-17-6-8-19(9-7-17)28(31)32/h6-13H,14H2,1-5H3/b22-12-. The maximum atomic E-state index is 13.0. The Morgan fingerprint density at radius 1 is 1.12 bits per heavy atom. The summed E-state index contributed by atoms with van der Waals surface area (Å²) >= 11 is 0.916. The molecule has 2 amide bonds. The number of hydrogen-bond donors (Lipinski definition) is 0. The van der Waals surface area contributed by atoms with E-state index in [1.165, 1.54) is 22.6 Å². The van der Waals surface area contributed by atoms with Crippen LogP contribution >= 0.6 is 11.8 Å². The van der Waals surface area contributed by atoms with Crippen molar-refractivity contribution in [2.75, 3.05) is 11.9 Å². The summed E-state index contributed by atoms with van der Waals surface area (Å²) in [5.74, 6) is -0.356. The number of aryl methyl sites for hydroxylation is 1. The first-order valence-corrected chi connectivity index (χ1v) is 11.4. The van der Waals surface area contributed by atoms with E-state index >= 15 is 0 Å². The van der Waals surface area contributed by atoms with Crippen LogP contribution in [0.25, 0.3) is 11.6 Å². The average Bonchev–Trinajstić information content (AvgIpc) is 3.00. The van der Waals surface area contributed by atoms with E-state index in [0.29, 0.717) is 10.5 Å². The van der Waals surface area contributed by atoms with E-state index in [-0.39, 0.29) is 28.9 Å². The van der Waals surface area contributed by atoms with Crippen LogP contribution in [0.15, 0.2) is 47.4 Å². The molecule has 2 aliphatic rings. The molecule has 0 unspecified atom stereocenters. The lowest BCUT2D eigenvalue weighted by Crippen LogP contribution is -2.42. The van der Waals surface area contributed by atoms with Crippen LogP contribution in [0.1, 0.15) is 43.0 Å². The molecule has 8 heteroatoms. The van der Waals surface area contributed by atoms with Crippen molar-refractivity contribution in [2.45, 2.75) is 39.8 Å². The van der Waals surface area contributed by atoms with Gasteiger partial charge in [-0.25, -0.2) is 0 Å². The predicted molar refractivity (Wildman–Crippen MR) is 132 cm³/mol. The number of carbonyl (C=O) groups excluding carboxylic acids is 2. The van der Waals surface area contributed by atoms with E-state index in [1.54, 1.807) is 18.2 Å². The fourth-order valence-electron chi connectivity index (χ4n) is 4.16. The quantitative estimate of drug-likeness (QED) is 0.325. The molecule has 0 radical (unpaired) electrons. The third-order valence-electron chi connectivity index (χ3n) is 6.25. The highest BCUT2D eigenvalue weighted by molar-refractivity contribution is 8.18. The van der Waals surface area contributed by atoms with E-state index in [2.05, 4.69) is 50.9 Å². The van der Waals surface area contributed by atoms with Gasteiger partial charge in [-0.05, 0) is 79.9 Å². The second-order valence-electron chi connectivity index (χ2n) is 8.96. The van der Waals surface area contributed by atoms with E-state index in [9.17, 15) is 19.7 Å². The summed E-state index contributed by atoms with van der Waals surface area (Å²) in [5, 5.41) is 10.5. The first-order valence-electron chi connectivity index (χ1n) is 10.5. The summed E-state index contributed by atoms with van der Waals surface area (Å²) in [5.41, 5.74) is 5.87. The maximum Gasteiger partial charge on any atom is 0.293 e. The number of anilines is 1. The van der Waals surface area contributed by atoms with Gasteiger partial charge < -0.3 is 4.90 Å². The lowest BCUT2D eigenvalue weighted by atomic mass is 9.87. The highest BCUT2D eigenvalue weighted by Gasteiger charge is 2.35. The number of nitro groups is 1. The number of rotatable bonds is 4. The van der Waals surface area contributed by atoms with Gasteiger partial charge in [-0.2, -0.15) is 0 Å². The Morgan fingerprint density at radius 2 is 1.79 bits per heavy atom. The number of thioether (sulfide) groups is 1. The molecule has 1 saturated heterocycles. The second kappa shape index (κ2) is 8.19. The Bertz CT molecular complexity index is 1250. The van der Waals surface area contributed by atoms with Gasteiger partial charge in [0.25, 0.3) is 16.8 Å². The molecule has 2 heterocycles. The van der Waals surface area contributed by atoms with Crippen LogP contribution < -0.4 is 4.90 Å². The number of benzene rings is 2. The number of imide groups is 1. The molecule has 2 aromatic carbocycles. The number of fused-ring (bicyclic) bond motifs is 1. The molecule has 4 rings (SSSR count). The topological polar surface area (TPSA) is 83.8 Å². The van der Waals surface area contributed by atoms with E-state index in [4.69, 9.17) is 0 Å². The Labute approximate surface area is 196 Å². The van der Waals surface area contributed by atoms with Crippen molar-refractivity contribution < 1.29 is 14.5 Å². The van der Waals surface area contributed by atoms with Gasteiger partial charge in [-0.1, -0.05) is 18.2 Å².